The number of nitrogens with zero attached hydrogens (tertiary/aromatic N) is 7. The monoisotopic (exact) mass is 1690 g/mol. The smallest absolute Gasteiger partial charge is 0.137 e. The van der Waals surface area contributed by atoms with Crippen LogP contribution in [0.15, 0.2) is 328 Å². The molecule has 0 saturated heterocycles. The number of hydrogen-bond donors (Lipinski definition) is 0. The standard InChI is InChI=1S/C24H24FN.C23H20N2O.C22H21FN2.C22H17NO2.C22H17NOS/c1-15-6-10-19-20-11-9-17(13-22(20)24(3,4)21(19)12-15)26(5)18-8-7-16(2)23(25)14-18;1-15-4-7-19-20-8-5-18(14-22(20)25(3)21(19)12-15)24(2)17-6-9-23-16(13-17)10-11-26-23;1-14-5-9-18-19-10-8-17(13-22(19)25(4)21(18)11-14)24(3)16-7-6-15(2)20(23)12-16;2*1-14-3-6-18-19-7-4-17(13-22(19)25-21(18)11-14)23(2)16-5-8-20-15(12-16)9-10-24-20/h6-14H,1-5H3;4-14H,1-3H3;5-13H,1-4H3;2*3-13H,1-2H3. The molecule has 7 heterocycles. The van der Waals surface area contributed by atoms with E-state index in [0.717, 1.165) is 100 Å². The molecule has 0 aliphatic heterocycles. The number of hydrogen-bond acceptors (Lipinski definition) is 10. The second-order valence-electron chi connectivity index (χ2n) is 34.6. The highest BCUT2D eigenvalue weighted by molar-refractivity contribution is 7.25. The first-order valence-corrected chi connectivity index (χ1v) is 43.8. The van der Waals surface area contributed by atoms with Crippen LogP contribution < -0.4 is 24.5 Å². The van der Waals surface area contributed by atoms with Crippen molar-refractivity contribution in [3.63, 3.8) is 0 Å². The molecule has 0 spiro atoms. The molecule has 7 aromatic heterocycles. The number of thiophene rings is 1. The van der Waals surface area contributed by atoms with E-state index < -0.39 is 0 Å². The molecule has 22 aromatic rings. The van der Waals surface area contributed by atoms with Crippen molar-refractivity contribution in [3.05, 3.63) is 372 Å². The summed E-state index contributed by atoms with van der Waals surface area (Å²) in [5.41, 5.74) is 33.2. The number of rotatable bonds is 10. The Bertz CT molecular complexity index is 7850. The number of furan rings is 4. The summed E-state index contributed by atoms with van der Waals surface area (Å²) in [4.78, 5) is 10.7. The van der Waals surface area contributed by atoms with Gasteiger partial charge in [-0.25, -0.2) is 8.78 Å². The van der Waals surface area contributed by atoms with Crippen LogP contribution in [-0.4, -0.2) is 44.4 Å². The van der Waals surface area contributed by atoms with Gasteiger partial charge in [0.2, 0.25) is 0 Å². The summed E-state index contributed by atoms with van der Waals surface area (Å²) in [6.07, 6.45) is 5.19. The predicted molar refractivity (Wildman–Crippen MR) is 533 cm³/mol. The van der Waals surface area contributed by atoms with E-state index in [2.05, 4.69) is 326 Å². The van der Waals surface area contributed by atoms with Crippen LogP contribution in [0.3, 0.4) is 0 Å². The van der Waals surface area contributed by atoms with Gasteiger partial charge in [0, 0.05) is 197 Å². The first-order valence-electron chi connectivity index (χ1n) is 43.0. The molecule has 127 heavy (non-hydrogen) atoms. The average molecular weight is 1690 g/mol. The van der Waals surface area contributed by atoms with Gasteiger partial charge in [0.1, 0.15) is 39.5 Å². The summed E-state index contributed by atoms with van der Waals surface area (Å²) in [6.45, 7) is 18.8. The summed E-state index contributed by atoms with van der Waals surface area (Å²) in [5, 5.41) is 13.5. The van der Waals surface area contributed by atoms with Crippen LogP contribution in [0.4, 0.5) is 65.7 Å². The van der Waals surface area contributed by atoms with Gasteiger partial charge < -0.3 is 51.3 Å². The first kappa shape index (κ1) is 82.0. The summed E-state index contributed by atoms with van der Waals surface area (Å²) in [6, 6.07) is 101. The van der Waals surface area contributed by atoms with E-state index >= 15 is 0 Å². The van der Waals surface area contributed by atoms with Gasteiger partial charge in [0.25, 0.3) is 0 Å². The lowest BCUT2D eigenvalue weighted by Gasteiger charge is -2.25. The Morgan fingerprint density at radius 3 is 1.03 bits per heavy atom. The van der Waals surface area contributed by atoms with E-state index in [0.29, 0.717) is 11.1 Å². The summed E-state index contributed by atoms with van der Waals surface area (Å²) in [7, 11) is 14.5. The summed E-state index contributed by atoms with van der Waals surface area (Å²) < 4.78 is 57.5. The fraction of sp³-hybridized carbons (Fsp3) is 0.150. The Kier molecular flexibility index (Phi) is 21.2. The molecule has 0 N–H and O–H groups in total. The second-order valence-corrected chi connectivity index (χ2v) is 35.7. The number of fused-ring (bicyclic) bond motifs is 18. The Balaban J connectivity index is 0.000000103. The molecule has 0 fully saturated rings. The van der Waals surface area contributed by atoms with Gasteiger partial charge in [-0.2, -0.15) is 0 Å². The zero-order valence-corrected chi connectivity index (χ0v) is 75.2. The molecular formula is C113H99F2N7O4S. The van der Waals surface area contributed by atoms with Crippen LogP contribution in [0.25, 0.3) is 130 Å². The average Bonchev–Trinajstić information content (AvgIpc) is 1.59. The lowest BCUT2D eigenvalue weighted by atomic mass is 9.82. The normalized spacial score (nSPS) is 12.1. The minimum Gasteiger partial charge on any atom is -0.464 e. The molecule has 23 rings (SSSR count). The lowest BCUT2D eigenvalue weighted by Crippen LogP contribution is -2.16. The Morgan fingerprint density at radius 1 is 0.268 bits per heavy atom. The highest BCUT2D eigenvalue weighted by atomic mass is 32.1. The Morgan fingerprint density at radius 2 is 0.567 bits per heavy atom. The van der Waals surface area contributed by atoms with Crippen LogP contribution >= 0.6 is 11.3 Å². The van der Waals surface area contributed by atoms with E-state index in [1.54, 1.807) is 44.8 Å². The molecular weight excluding hydrogens is 1590 g/mol. The first-order chi connectivity index (χ1) is 61.2. The number of aryl methyl sites for hydroxylation is 9. The maximum atomic E-state index is 14.0. The maximum absolute atomic E-state index is 14.0. The third-order valence-electron chi connectivity index (χ3n) is 25.8. The number of benzene rings is 15. The minimum atomic E-state index is -0.175. The largest absolute Gasteiger partial charge is 0.464 e. The van der Waals surface area contributed by atoms with Crippen LogP contribution in [0.2, 0.25) is 0 Å². The van der Waals surface area contributed by atoms with Crippen LogP contribution in [-0.2, 0) is 19.5 Å². The Hall–Kier alpha value is -14.6. The molecule has 0 bridgehead atoms. The van der Waals surface area contributed by atoms with Crippen molar-refractivity contribution in [1.29, 1.82) is 0 Å². The van der Waals surface area contributed by atoms with Gasteiger partial charge in [-0.1, -0.05) is 123 Å². The highest BCUT2D eigenvalue weighted by Gasteiger charge is 2.36. The highest BCUT2D eigenvalue weighted by Crippen LogP contribution is 2.51. The van der Waals surface area contributed by atoms with Gasteiger partial charge in [-0.3, -0.25) is 0 Å². The van der Waals surface area contributed by atoms with Crippen molar-refractivity contribution in [2.45, 2.75) is 67.7 Å². The van der Waals surface area contributed by atoms with Gasteiger partial charge in [0.15, 0.2) is 0 Å². The van der Waals surface area contributed by atoms with Gasteiger partial charge in [-0.15, -0.1) is 11.3 Å². The molecule has 0 atom stereocenters. The molecule has 14 heteroatoms. The molecule has 1 aliphatic carbocycles. The lowest BCUT2D eigenvalue weighted by molar-refractivity contribution is 0.615. The molecule has 630 valence electrons. The van der Waals surface area contributed by atoms with E-state index in [9.17, 15) is 8.78 Å². The fourth-order valence-corrected chi connectivity index (χ4v) is 19.3. The van der Waals surface area contributed by atoms with Crippen LogP contribution in [0.5, 0.6) is 0 Å². The predicted octanol–water partition coefficient (Wildman–Crippen LogP) is 31.8. The summed E-state index contributed by atoms with van der Waals surface area (Å²) >= 11 is 1.86. The van der Waals surface area contributed by atoms with E-state index in [-0.39, 0.29) is 17.0 Å². The van der Waals surface area contributed by atoms with Crippen molar-refractivity contribution in [2.75, 3.05) is 59.7 Å². The van der Waals surface area contributed by atoms with Gasteiger partial charge in [0.05, 0.1) is 29.8 Å². The van der Waals surface area contributed by atoms with Gasteiger partial charge in [-0.05, 0) is 286 Å². The van der Waals surface area contributed by atoms with Gasteiger partial charge >= 0.3 is 0 Å². The fourth-order valence-electron chi connectivity index (χ4n) is 18.0. The van der Waals surface area contributed by atoms with Crippen LogP contribution in [0, 0.1) is 60.1 Å². The molecule has 0 amide bonds. The van der Waals surface area contributed by atoms with Crippen molar-refractivity contribution in [3.8, 4) is 11.1 Å². The van der Waals surface area contributed by atoms with Crippen LogP contribution in [0.1, 0.15) is 63.9 Å². The topological polar surface area (TPSA) is 78.6 Å². The van der Waals surface area contributed by atoms with E-state index in [1.807, 2.05) is 95.9 Å². The summed E-state index contributed by atoms with van der Waals surface area (Å²) in [5.74, 6) is -0.343. The third-order valence-corrected chi connectivity index (χ3v) is 26.9. The Labute approximate surface area is 742 Å². The molecule has 11 nitrogen and oxygen atoms in total. The van der Waals surface area contributed by atoms with E-state index in [4.69, 9.17) is 17.7 Å². The molecule has 1 aliphatic rings. The quantitative estimate of drug-likeness (QED) is 0.133. The maximum Gasteiger partial charge on any atom is 0.137 e. The third kappa shape index (κ3) is 15.4. The zero-order valence-electron chi connectivity index (χ0n) is 74.4. The molecule has 15 aromatic carbocycles. The van der Waals surface area contributed by atoms with Crippen molar-refractivity contribution < 1.29 is 26.4 Å². The molecule has 0 unspecified atom stereocenters. The number of anilines is 10. The number of halogens is 2. The van der Waals surface area contributed by atoms with Crippen molar-refractivity contribution in [1.82, 2.24) is 9.13 Å². The molecule has 0 radical (unpaired) electrons. The number of aromatic nitrogens is 2. The SMILES string of the molecule is Cc1ccc2c(c1)C(C)(C)c1cc(N(C)c3ccc(C)c(F)c3)ccc1-2.Cc1ccc2c(c1)oc1cc(N(C)c3ccc4occc4c3)ccc12.Cc1ccc2c(c1)sc1cc(N(C)c3ccc4occc4c3)ccc12.Cc1ccc2c3ccc(N(C)c4ccc(C)c(F)c4)cc3n(C)c2c1.Cc1ccc2c3ccc(N(C)c4ccc5occc5c4)cc3n(C)c2c1. The molecule has 0 saturated carbocycles. The second kappa shape index (κ2) is 32.8. The van der Waals surface area contributed by atoms with E-state index in [1.165, 1.54) is 125 Å². The minimum absolute atomic E-state index is 0.0357. The zero-order chi connectivity index (χ0) is 88.1. The van der Waals surface area contributed by atoms with Crippen molar-refractivity contribution >= 4 is 187 Å². The van der Waals surface area contributed by atoms with Crippen molar-refractivity contribution in [2.24, 2.45) is 14.1 Å².